The Kier molecular flexibility index (Phi) is 4.46. The summed E-state index contributed by atoms with van der Waals surface area (Å²) in [5.74, 6) is 0. The summed E-state index contributed by atoms with van der Waals surface area (Å²) in [4.78, 5) is 5.84. The Morgan fingerprint density at radius 3 is 2.70 bits per heavy atom. The molecular formula is C6H10LiN3. The third-order valence-corrected chi connectivity index (χ3v) is 0.943. The molecule has 0 aliphatic heterocycles. The second-order valence-electron chi connectivity index (χ2n) is 2.22. The molecule has 50 valence electrons. The maximum atomic E-state index is 3.79. The second kappa shape index (κ2) is 4.56. The van der Waals surface area contributed by atoms with Crippen molar-refractivity contribution in [3.05, 3.63) is 18.7 Å². The maximum Gasteiger partial charge on any atom is 1.00 e. The molecule has 0 bridgehead atoms. The molecule has 0 unspecified atom stereocenters. The molecule has 3 nitrogen and oxygen atoms in total. The molecule has 1 aromatic rings. The van der Waals surface area contributed by atoms with Gasteiger partial charge < -0.3 is 9.55 Å². The van der Waals surface area contributed by atoms with Gasteiger partial charge in [-0.1, -0.05) is 0 Å². The average molecular weight is 131 g/mol. The van der Waals surface area contributed by atoms with Gasteiger partial charge in [-0.15, -0.1) is 12.4 Å². The molecule has 1 rings (SSSR count). The molecule has 10 heavy (non-hydrogen) atoms. The van der Waals surface area contributed by atoms with Crippen molar-refractivity contribution < 1.29 is 18.9 Å². The Labute approximate surface area is 73.2 Å². The minimum atomic E-state index is 0. The van der Waals surface area contributed by atoms with E-state index in [1.165, 1.54) is 0 Å². The van der Waals surface area contributed by atoms with E-state index in [1.54, 1.807) is 6.20 Å². The number of hydrogen-bond donors (Lipinski definition) is 0. The summed E-state index contributed by atoms with van der Waals surface area (Å²) in [5.41, 5.74) is 0. The van der Waals surface area contributed by atoms with Gasteiger partial charge in [-0.3, -0.25) is 4.90 Å². The van der Waals surface area contributed by atoms with E-state index in [-0.39, 0.29) is 18.9 Å². The van der Waals surface area contributed by atoms with Gasteiger partial charge in [0.15, 0.2) is 0 Å². The fourth-order valence-corrected chi connectivity index (χ4v) is 0.638. The second-order valence-corrected chi connectivity index (χ2v) is 2.22. The van der Waals surface area contributed by atoms with E-state index in [4.69, 9.17) is 0 Å². The molecule has 0 atom stereocenters. The summed E-state index contributed by atoms with van der Waals surface area (Å²) in [5, 5.41) is 0. The van der Waals surface area contributed by atoms with E-state index in [9.17, 15) is 0 Å². The third-order valence-electron chi connectivity index (χ3n) is 0.943. The Morgan fingerprint density at radius 2 is 2.30 bits per heavy atom. The van der Waals surface area contributed by atoms with Crippen LogP contribution in [0.15, 0.2) is 12.4 Å². The summed E-state index contributed by atoms with van der Waals surface area (Å²) in [6.07, 6.45) is 6.41. The molecule has 4 heteroatoms. The van der Waals surface area contributed by atoms with Crippen molar-refractivity contribution in [3.63, 3.8) is 0 Å². The van der Waals surface area contributed by atoms with Crippen LogP contribution in [-0.2, 0) is 6.67 Å². The average Bonchev–Trinajstić information content (AvgIpc) is 2.15. The number of hydrogen-bond acceptors (Lipinski definition) is 2. The third kappa shape index (κ3) is 3.07. The zero-order chi connectivity index (χ0) is 6.69. The van der Waals surface area contributed by atoms with Gasteiger partial charge in [0.25, 0.3) is 0 Å². The molecule has 1 heterocycles. The van der Waals surface area contributed by atoms with E-state index in [1.807, 2.05) is 24.9 Å². The normalized spacial score (nSPS) is 9.50. The first-order valence-corrected chi connectivity index (χ1v) is 2.82. The smallest absolute Gasteiger partial charge is 0.442 e. The quantitative estimate of drug-likeness (QED) is 0.319. The van der Waals surface area contributed by atoms with E-state index in [0.29, 0.717) is 0 Å². The standard InChI is InChI=1S/C6H10N3.Li/c1-8(2)6-9-4-3-7-5-9;/h3-4H,6H2,1-2H3;/q-1;+1. The summed E-state index contributed by atoms with van der Waals surface area (Å²) >= 11 is 0. The molecule has 0 amide bonds. The molecular weight excluding hydrogens is 121 g/mol. The molecule has 0 saturated carbocycles. The summed E-state index contributed by atoms with van der Waals surface area (Å²) < 4.78 is 1.89. The zero-order valence-electron chi connectivity index (χ0n) is 6.70. The van der Waals surface area contributed by atoms with Crippen molar-refractivity contribution in [1.82, 2.24) is 14.5 Å². The van der Waals surface area contributed by atoms with Crippen molar-refractivity contribution >= 4 is 0 Å². The Morgan fingerprint density at radius 1 is 1.60 bits per heavy atom. The molecule has 0 aromatic carbocycles. The van der Waals surface area contributed by atoms with Crippen molar-refractivity contribution in [2.24, 2.45) is 0 Å². The first kappa shape index (κ1) is 9.77. The zero-order valence-corrected chi connectivity index (χ0v) is 6.70. The van der Waals surface area contributed by atoms with E-state index >= 15 is 0 Å². The van der Waals surface area contributed by atoms with Gasteiger partial charge in [-0.05, 0) is 14.1 Å². The fourth-order valence-electron chi connectivity index (χ4n) is 0.638. The van der Waals surface area contributed by atoms with Crippen molar-refractivity contribution in [3.8, 4) is 0 Å². The van der Waals surface area contributed by atoms with Gasteiger partial charge in [0, 0.05) is 6.33 Å². The van der Waals surface area contributed by atoms with Crippen LogP contribution in [0.3, 0.4) is 0 Å². The number of nitrogens with zero attached hydrogens (tertiary/aromatic N) is 3. The number of imidazole rings is 1. The molecule has 0 aliphatic rings. The van der Waals surface area contributed by atoms with Crippen LogP contribution in [-0.4, -0.2) is 28.5 Å². The van der Waals surface area contributed by atoms with Gasteiger partial charge in [-0.25, -0.2) is 0 Å². The fraction of sp³-hybridized carbons (Fsp3) is 0.500. The minimum absolute atomic E-state index is 0. The van der Waals surface area contributed by atoms with E-state index in [2.05, 4.69) is 16.2 Å². The van der Waals surface area contributed by atoms with E-state index < -0.39 is 0 Å². The van der Waals surface area contributed by atoms with Crippen molar-refractivity contribution in [2.75, 3.05) is 14.1 Å². The molecule has 1 aromatic heterocycles. The molecule has 0 spiro atoms. The maximum absolute atomic E-state index is 3.79. The first-order chi connectivity index (χ1) is 4.29. The molecule has 0 saturated heterocycles. The van der Waals surface area contributed by atoms with Crippen LogP contribution in [0.5, 0.6) is 0 Å². The van der Waals surface area contributed by atoms with E-state index in [0.717, 1.165) is 6.67 Å². The number of rotatable bonds is 2. The Bertz CT molecular complexity index is 160. The minimum Gasteiger partial charge on any atom is -0.442 e. The van der Waals surface area contributed by atoms with Crippen LogP contribution >= 0.6 is 0 Å². The molecule has 0 N–H and O–H groups in total. The van der Waals surface area contributed by atoms with Gasteiger partial charge >= 0.3 is 18.9 Å². The molecule has 0 aliphatic carbocycles. The Balaban J connectivity index is 0.000000810. The van der Waals surface area contributed by atoms with Gasteiger partial charge in [0.05, 0.1) is 6.67 Å². The predicted octanol–water partition coefficient (Wildman–Crippen LogP) is -2.79. The topological polar surface area (TPSA) is 21.1 Å². The van der Waals surface area contributed by atoms with Crippen LogP contribution in [0, 0.1) is 6.33 Å². The van der Waals surface area contributed by atoms with Gasteiger partial charge in [0.1, 0.15) is 0 Å². The monoisotopic (exact) mass is 131 g/mol. The van der Waals surface area contributed by atoms with Gasteiger partial charge in [-0.2, -0.15) is 0 Å². The predicted molar refractivity (Wildman–Crippen MR) is 34.8 cm³/mol. The number of aromatic nitrogens is 2. The van der Waals surface area contributed by atoms with Crippen LogP contribution in [0.1, 0.15) is 0 Å². The van der Waals surface area contributed by atoms with Crippen molar-refractivity contribution in [2.45, 2.75) is 6.67 Å². The van der Waals surface area contributed by atoms with Crippen LogP contribution in [0.2, 0.25) is 0 Å². The Hall–Kier alpha value is -0.233. The van der Waals surface area contributed by atoms with Crippen LogP contribution in [0.4, 0.5) is 0 Å². The largest absolute Gasteiger partial charge is 1.00 e. The van der Waals surface area contributed by atoms with Crippen molar-refractivity contribution in [1.29, 1.82) is 0 Å². The summed E-state index contributed by atoms with van der Waals surface area (Å²) in [6, 6.07) is 0. The SMILES string of the molecule is CN(C)Cn1[c-]ncc1.[Li+]. The van der Waals surface area contributed by atoms with Gasteiger partial charge in [0.2, 0.25) is 0 Å². The van der Waals surface area contributed by atoms with Crippen LogP contribution in [0.25, 0.3) is 0 Å². The summed E-state index contributed by atoms with van der Waals surface area (Å²) in [6.45, 7) is 0.847. The molecule has 0 fully saturated rings. The first-order valence-electron chi connectivity index (χ1n) is 2.82. The van der Waals surface area contributed by atoms with Crippen LogP contribution < -0.4 is 18.9 Å². The summed E-state index contributed by atoms with van der Waals surface area (Å²) in [7, 11) is 4.02. The molecule has 0 radical (unpaired) electrons.